The number of ether oxygens (including phenoxy) is 1. The second kappa shape index (κ2) is 11.4. The lowest BCUT2D eigenvalue weighted by Crippen LogP contribution is -2.26. The van der Waals surface area contributed by atoms with E-state index in [4.69, 9.17) is 4.74 Å². The standard InChI is InChI=1S/C33H38N2O4/c1-19(2)26-9-8-10-27(16-26)22(5)34-32(36)28-13-14-30-29(17-28)21(4)23(6)35(30)18-25-12-11-20(3)31(15-25)39-24(7)33(37)38/h8-17,19,22,24H,18H2,1-7H3,(H,34,36)(H,37,38)/t22-,24-/m0/s1. The molecule has 0 saturated carbocycles. The predicted octanol–water partition coefficient (Wildman–Crippen LogP) is 7.08. The minimum Gasteiger partial charge on any atom is -0.479 e. The Morgan fingerprint density at radius 1 is 0.923 bits per heavy atom. The molecular weight excluding hydrogens is 488 g/mol. The van der Waals surface area contributed by atoms with Gasteiger partial charge in [0.2, 0.25) is 0 Å². The van der Waals surface area contributed by atoms with Gasteiger partial charge in [0.1, 0.15) is 5.75 Å². The monoisotopic (exact) mass is 526 g/mol. The molecule has 0 radical (unpaired) electrons. The molecule has 1 amide bonds. The number of benzene rings is 3. The molecule has 6 nitrogen and oxygen atoms in total. The summed E-state index contributed by atoms with van der Waals surface area (Å²) in [6.07, 6.45) is -0.929. The highest BCUT2D eigenvalue weighted by molar-refractivity contribution is 5.99. The molecule has 4 rings (SSSR count). The van der Waals surface area contributed by atoms with Crippen LogP contribution in [-0.2, 0) is 11.3 Å². The van der Waals surface area contributed by atoms with Gasteiger partial charge in [0.15, 0.2) is 6.10 Å². The van der Waals surface area contributed by atoms with E-state index in [0.29, 0.717) is 23.8 Å². The maximum absolute atomic E-state index is 13.2. The van der Waals surface area contributed by atoms with Crippen molar-refractivity contribution in [1.82, 2.24) is 9.88 Å². The van der Waals surface area contributed by atoms with Crippen LogP contribution < -0.4 is 10.1 Å². The number of aromatic nitrogens is 1. The summed E-state index contributed by atoms with van der Waals surface area (Å²) in [4.78, 5) is 24.5. The fraction of sp³-hybridized carbons (Fsp3) is 0.333. The van der Waals surface area contributed by atoms with E-state index in [1.807, 2.05) is 56.3 Å². The van der Waals surface area contributed by atoms with E-state index in [9.17, 15) is 14.7 Å². The van der Waals surface area contributed by atoms with Crippen LogP contribution in [0.1, 0.15) is 83.5 Å². The molecular formula is C33H38N2O4. The lowest BCUT2D eigenvalue weighted by Gasteiger charge is -2.17. The van der Waals surface area contributed by atoms with E-state index in [0.717, 1.165) is 38.9 Å². The van der Waals surface area contributed by atoms with Gasteiger partial charge in [-0.1, -0.05) is 50.2 Å². The van der Waals surface area contributed by atoms with Crippen molar-refractivity contribution in [2.75, 3.05) is 0 Å². The molecule has 2 atom stereocenters. The van der Waals surface area contributed by atoms with Crippen molar-refractivity contribution in [2.45, 2.75) is 73.1 Å². The Labute approximate surface area is 230 Å². The zero-order valence-electron chi connectivity index (χ0n) is 23.8. The van der Waals surface area contributed by atoms with Gasteiger partial charge < -0.3 is 19.7 Å². The number of hydrogen-bond donors (Lipinski definition) is 2. The van der Waals surface area contributed by atoms with Crippen molar-refractivity contribution in [1.29, 1.82) is 0 Å². The molecule has 3 aromatic carbocycles. The van der Waals surface area contributed by atoms with E-state index in [1.165, 1.54) is 12.5 Å². The van der Waals surface area contributed by atoms with Gasteiger partial charge in [-0.25, -0.2) is 4.79 Å². The highest BCUT2D eigenvalue weighted by Gasteiger charge is 2.18. The van der Waals surface area contributed by atoms with Crippen LogP contribution in [0, 0.1) is 20.8 Å². The molecule has 0 saturated heterocycles. The van der Waals surface area contributed by atoms with Crippen LogP contribution in [-0.4, -0.2) is 27.7 Å². The summed E-state index contributed by atoms with van der Waals surface area (Å²) in [5, 5.41) is 13.4. The van der Waals surface area contributed by atoms with Gasteiger partial charge in [-0.2, -0.15) is 0 Å². The lowest BCUT2D eigenvalue weighted by molar-refractivity contribution is -0.144. The number of carboxylic acids is 1. The molecule has 39 heavy (non-hydrogen) atoms. The summed E-state index contributed by atoms with van der Waals surface area (Å²) in [7, 11) is 0. The van der Waals surface area contributed by atoms with Crippen LogP contribution in [0.25, 0.3) is 10.9 Å². The molecule has 0 spiro atoms. The SMILES string of the molecule is Cc1ccc(Cn2c(C)c(C)c3cc(C(=O)N[C@@H](C)c4cccc(C(C)C)c4)ccc32)cc1O[C@@H](C)C(=O)O. The quantitative estimate of drug-likeness (QED) is 0.244. The number of nitrogens with one attached hydrogen (secondary N) is 1. The number of aryl methyl sites for hydroxylation is 2. The molecule has 6 heteroatoms. The first-order valence-corrected chi connectivity index (χ1v) is 13.5. The molecule has 1 aromatic heterocycles. The Morgan fingerprint density at radius 3 is 2.33 bits per heavy atom. The Hall–Kier alpha value is -4.06. The number of fused-ring (bicyclic) bond motifs is 1. The summed E-state index contributed by atoms with van der Waals surface area (Å²) < 4.78 is 7.90. The molecule has 0 aliphatic heterocycles. The molecule has 0 aliphatic carbocycles. The Kier molecular flexibility index (Phi) is 8.14. The number of amides is 1. The number of carboxylic acid groups (broad SMARTS) is 1. The average molecular weight is 527 g/mol. The third-order valence-corrected chi connectivity index (χ3v) is 7.57. The maximum atomic E-state index is 13.2. The van der Waals surface area contributed by atoms with Crippen molar-refractivity contribution in [3.63, 3.8) is 0 Å². The third kappa shape index (κ3) is 6.00. The van der Waals surface area contributed by atoms with Crippen molar-refractivity contribution in [2.24, 2.45) is 0 Å². The number of hydrogen-bond acceptors (Lipinski definition) is 3. The zero-order chi connectivity index (χ0) is 28.4. The van der Waals surface area contributed by atoms with Crippen molar-refractivity contribution >= 4 is 22.8 Å². The van der Waals surface area contributed by atoms with Gasteiger partial charge in [-0.15, -0.1) is 0 Å². The van der Waals surface area contributed by atoms with Gasteiger partial charge in [0, 0.05) is 28.7 Å². The number of rotatable bonds is 9. The number of aliphatic carboxylic acids is 1. The second-order valence-corrected chi connectivity index (χ2v) is 10.7. The molecule has 2 N–H and O–H groups in total. The summed E-state index contributed by atoms with van der Waals surface area (Å²) >= 11 is 0. The number of carbonyl (C=O) groups excluding carboxylic acids is 1. The summed E-state index contributed by atoms with van der Waals surface area (Å²) in [5.74, 6) is -0.101. The smallest absolute Gasteiger partial charge is 0.344 e. The molecule has 0 unspecified atom stereocenters. The average Bonchev–Trinajstić information content (AvgIpc) is 3.14. The van der Waals surface area contributed by atoms with Crippen LogP contribution in [0.5, 0.6) is 5.75 Å². The molecule has 204 valence electrons. The number of nitrogens with zero attached hydrogens (tertiary/aromatic N) is 1. The minimum atomic E-state index is -0.999. The van der Waals surface area contributed by atoms with Gasteiger partial charge in [-0.05, 0) is 92.6 Å². The highest BCUT2D eigenvalue weighted by atomic mass is 16.5. The van der Waals surface area contributed by atoms with Gasteiger partial charge in [0.05, 0.1) is 6.04 Å². The first kappa shape index (κ1) is 28.0. The van der Waals surface area contributed by atoms with E-state index in [2.05, 4.69) is 55.8 Å². The summed E-state index contributed by atoms with van der Waals surface area (Å²) in [5.41, 5.74) is 8.15. The van der Waals surface area contributed by atoms with E-state index >= 15 is 0 Å². The molecule has 0 bridgehead atoms. The molecule has 0 fully saturated rings. The Bertz CT molecular complexity index is 1530. The molecule has 0 aliphatic rings. The minimum absolute atomic E-state index is 0.1000. The fourth-order valence-corrected chi connectivity index (χ4v) is 4.84. The zero-order valence-corrected chi connectivity index (χ0v) is 23.8. The van der Waals surface area contributed by atoms with Gasteiger partial charge in [-0.3, -0.25) is 4.79 Å². The van der Waals surface area contributed by atoms with Crippen molar-refractivity contribution in [3.05, 3.63) is 99.7 Å². The van der Waals surface area contributed by atoms with Gasteiger partial charge >= 0.3 is 5.97 Å². The predicted molar refractivity (Wildman–Crippen MR) is 156 cm³/mol. The van der Waals surface area contributed by atoms with Crippen molar-refractivity contribution in [3.8, 4) is 5.75 Å². The maximum Gasteiger partial charge on any atom is 0.344 e. The second-order valence-electron chi connectivity index (χ2n) is 10.7. The lowest BCUT2D eigenvalue weighted by atomic mass is 9.98. The summed E-state index contributed by atoms with van der Waals surface area (Å²) in [6, 6.07) is 20.0. The van der Waals surface area contributed by atoms with Crippen LogP contribution in [0.3, 0.4) is 0 Å². The van der Waals surface area contributed by atoms with Crippen LogP contribution in [0.15, 0.2) is 60.7 Å². The fourth-order valence-electron chi connectivity index (χ4n) is 4.84. The van der Waals surface area contributed by atoms with Crippen LogP contribution in [0.2, 0.25) is 0 Å². The van der Waals surface area contributed by atoms with Crippen molar-refractivity contribution < 1.29 is 19.4 Å². The van der Waals surface area contributed by atoms with Crippen LogP contribution >= 0.6 is 0 Å². The third-order valence-electron chi connectivity index (χ3n) is 7.57. The first-order valence-electron chi connectivity index (χ1n) is 13.5. The van der Waals surface area contributed by atoms with E-state index < -0.39 is 12.1 Å². The number of carbonyl (C=O) groups is 2. The van der Waals surface area contributed by atoms with Crippen LogP contribution in [0.4, 0.5) is 0 Å². The van der Waals surface area contributed by atoms with E-state index in [1.54, 1.807) is 0 Å². The normalized spacial score (nSPS) is 12.9. The summed E-state index contributed by atoms with van der Waals surface area (Å²) in [6.45, 7) is 14.5. The molecule has 1 heterocycles. The Balaban J connectivity index is 1.58. The largest absolute Gasteiger partial charge is 0.479 e. The molecule has 4 aromatic rings. The Morgan fingerprint density at radius 2 is 1.64 bits per heavy atom. The highest BCUT2D eigenvalue weighted by Crippen LogP contribution is 2.29. The first-order chi connectivity index (χ1) is 18.5. The van der Waals surface area contributed by atoms with Gasteiger partial charge in [0.25, 0.3) is 5.91 Å². The van der Waals surface area contributed by atoms with E-state index in [-0.39, 0.29) is 11.9 Å². The topological polar surface area (TPSA) is 80.6 Å².